The topological polar surface area (TPSA) is 165 Å². The van der Waals surface area contributed by atoms with Crippen LogP contribution in [-0.4, -0.2) is 42.8 Å². The molecule has 38 heavy (non-hydrogen) atoms. The molecule has 0 saturated carbocycles. The van der Waals surface area contributed by atoms with Gasteiger partial charge >= 0.3 is 5.69 Å². The first-order valence-corrected chi connectivity index (χ1v) is 11.2. The summed E-state index contributed by atoms with van der Waals surface area (Å²) in [7, 11) is 2.82. The van der Waals surface area contributed by atoms with Gasteiger partial charge in [0.2, 0.25) is 5.75 Å². The van der Waals surface area contributed by atoms with Gasteiger partial charge in [0.15, 0.2) is 23.0 Å². The molecule has 3 aromatic rings. The van der Waals surface area contributed by atoms with Crippen LogP contribution in [-0.2, 0) is 0 Å². The van der Waals surface area contributed by atoms with Gasteiger partial charge in [0.25, 0.3) is 11.6 Å². The van der Waals surface area contributed by atoms with E-state index in [2.05, 4.69) is 10.5 Å². The van der Waals surface area contributed by atoms with E-state index in [0.717, 1.165) is 18.2 Å². The van der Waals surface area contributed by atoms with E-state index in [0.29, 0.717) is 23.7 Å². The van der Waals surface area contributed by atoms with Crippen molar-refractivity contribution >= 4 is 35.1 Å². The van der Waals surface area contributed by atoms with E-state index >= 15 is 0 Å². The Morgan fingerprint density at radius 2 is 1.68 bits per heavy atom. The second-order valence-corrected chi connectivity index (χ2v) is 7.71. The van der Waals surface area contributed by atoms with E-state index in [1.807, 2.05) is 0 Å². The van der Waals surface area contributed by atoms with Crippen molar-refractivity contribution in [3.05, 3.63) is 84.9 Å². The number of carbonyl (C=O) groups excluding carboxylic acids is 1. The van der Waals surface area contributed by atoms with Crippen LogP contribution in [0.25, 0.3) is 0 Å². The molecule has 0 aliphatic heterocycles. The lowest BCUT2D eigenvalue weighted by Gasteiger charge is -2.13. The van der Waals surface area contributed by atoms with Gasteiger partial charge in [-0.15, -0.1) is 0 Å². The molecule has 0 aliphatic rings. The fraction of sp³-hybridized carbons (Fsp3) is 0.167. The van der Waals surface area contributed by atoms with Crippen LogP contribution in [0.3, 0.4) is 0 Å². The number of hydrogen-bond donors (Lipinski definition) is 1. The quantitative estimate of drug-likeness (QED) is 0.195. The molecule has 198 valence electrons. The maximum atomic E-state index is 12.5. The lowest BCUT2D eigenvalue weighted by Crippen LogP contribution is -2.17. The zero-order chi connectivity index (χ0) is 27.8. The number of nitro benzene ring substituents is 2. The maximum Gasteiger partial charge on any atom is 0.318 e. The van der Waals surface area contributed by atoms with E-state index in [9.17, 15) is 25.0 Å². The van der Waals surface area contributed by atoms with E-state index in [1.165, 1.54) is 38.6 Å². The van der Waals surface area contributed by atoms with Crippen molar-refractivity contribution in [3.63, 3.8) is 0 Å². The standard InChI is InChI=1S/C24H21ClN4O9/c1-4-37-21-11-15(5-7-20(21)35-2)24(30)27-26-13-14-9-17(25)23(22(10-14)36-3)38-19-8-6-16(28(31)32)12-18(19)29(33)34/h5-13H,4H2,1-3H3,(H,27,30)/b26-13+. The summed E-state index contributed by atoms with van der Waals surface area (Å²) in [5.74, 6) is 0.138. The van der Waals surface area contributed by atoms with Gasteiger partial charge in [0.05, 0.1) is 48.0 Å². The molecule has 14 heteroatoms. The molecule has 0 aromatic heterocycles. The molecule has 3 aromatic carbocycles. The second-order valence-electron chi connectivity index (χ2n) is 7.30. The van der Waals surface area contributed by atoms with Gasteiger partial charge in [-0.3, -0.25) is 25.0 Å². The number of amides is 1. The van der Waals surface area contributed by atoms with Gasteiger partial charge < -0.3 is 18.9 Å². The van der Waals surface area contributed by atoms with E-state index < -0.39 is 27.1 Å². The summed E-state index contributed by atoms with van der Waals surface area (Å²) >= 11 is 6.33. The smallest absolute Gasteiger partial charge is 0.318 e. The van der Waals surface area contributed by atoms with Gasteiger partial charge in [0, 0.05) is 11.6 Å². The predicted molar refractivity (Wildman–Crippen MR) is 137 cm³/mol. The van der Waals surface area contributed by atoms with Crippen molar-refractivity contribution in [2.24, 2.45) is 5.10 Å². The Kier molecular flexibility index (Phi) is 9.00. The molecular weight excluding hydrogens is 524 g/mol. The Labute approximate surface area is 220 Å². The van der Waals surface area contributed by atoms with E-state index in [4.69, 9.17) is 30.5 Å². The third kappa shape index (κ3) is 6.44. The van der Waals surface area contributed by atoms with Gasteiger partial charge in [0.1, 0.15) is 0 Å². The lowest BCUT2D eigenvalue weighted by atomic mass is 10.2. The van der Waals surface area contributed by atoms with Crippen LogP contribution in [0.15, 0.2) is 53.6 Å². The van der Waals surface area contributed by atoms with E-state index in [1.54, 1.807) is 19.1 Å². The monoisotopic (exact) mass is 544 g/mol. The minimum atomic E-state index is -0.813. The van der Waals surface area contributed by atoms with Crippen LogP contribution in [0, 0.1) is 20.2 Å². The fourth-order valence-electron chi connectivity index (χ4n) is 3.19. The van der Waals surface area contributed by atoms with Gasteiger partial charge in [-0.05, 0) is 48.9 Å². The van der Waals surface area contributed by atoms with Crippen LogP contribution in [0.2, 0.25) is 5.02 Å². The maximum absolute atomic E-state index is 12.5. The van der Waals surface area contributed by atoms with Crippen molar-refractivity contribution in [1.29, 1.82) is 0 Å². The Hall–Kier alpha value is -4.91. The molecular formula is C24H21ClN4O9. The summed E-state index contributed by atoms with van der Waals surface area (Å²) in [4.78, 5) is 33.3. The number of ether oxygens (including phenoxy) is 4. The molecule has 1 amide bonds. The van der Waals surface area contributed by atoms with Gasteiger partial charge in [-0.1, -0.05) is 11.6 Å². The highest BCUT2D eigenvalue weighted by molar-refractivity contribution is 6.32. The summed E-state index contributed by atoms with van der Waals surface area (Å²) in [6.07, 6.45) is 1.30. The molecule has 0 unspecified atom stereocenters. The second kappa shape index (κ2) is 12.4. The third-order valence-electron chi connectivity index (χ3n) is 4.92. The number of non-ortho nitro benzene ring substituents is 1. The van der Waals surface area contributed by atoms with E-state index in [-0.39, 0.29) is 27.8 Å². The Morgan fingerprint density at radius 3 is 2.32 bits per heavy atom. The number of carbonyl (C=O) groups is 1. The number of nitrogens with one attached hydrogen (secondary N) is 1. The third-order valence-corrected chi connectivity index (χ3v) is 5.20. The molecule has 0 saturated heterocycles. The Morgan fingerprint density at radius 1 is 0.974 bits per heavy atom. The summed E-state index contributed by atoms with van der Waals surface area (Å²) in [6.45, 7) is 2.19. The number of hydrogen-bond acceptors (Lipinski definition) is 10. The van der Waals surface area contributed by atoms with Crippen LogP contribution in [0.5, 0.6) is 28.7 Å². The minimum absolute atomic E-state index is 0.00119. The molecule has 0 heterocycles. The first-order chi connectivity index (χ1) is 18.2. The lowest BCUT2D eigenvalue weighted by molar-refractivity contribution is -0.394. The number of methoxy groups -OCH3 is 2. The Bertz CT molecular complexity index is 1410. The molecule has 0 spiro atoms. The highest BCUT2D eigenvalue weighted by atomic mass is 35.5. The normalized spacial score (nSPS) is 10.6. The van der Waals surface area contributed by atoms with Crippen LogP contribution in [0.4, 0.5) is 11.4 Å². The van der Waals surface area contributed by atoms with Crippen LogP contribution in [0.1, 0.15) is 22.8 Å². The number of halogens is 1. The van der Waals surface area contributed by atoms with Crippen molar-refractivity contribution < 1.29 is 33.6 Å². The molecule has 3 rings (SSSR count). The van der Waals surface area contributed by atoms with Crippen molar-refractivity contribution in [2.75, 3.05) is 20.8 Å². The molecule has 0 atom stereocenters. The highest BCUT2D eigenvalue weighted by Crippen LogP contribution is 2.42. The summed E-state index contributed by atoms with van der Waals surface area (Å²) in [6, 6.07) is 10.5. The minimum Gasteiger partial charge on any atom is -0.493 e. The average molecular weight is 545 g/mol. The molecule has 0 radical (unpaired) electrons. The number of benzene rings is 3. The number of nitrogens with zero attached hydrogens (tertiary/aromatic N) is 3. The molecule has 0 aliphatic carbocycles. The zero-order valence-electron chi connectivity index (χ0n) is 20.3. The van der Waals surface area contributed by atoms with Gasteiger partial charge in [-0.25, -0.2) is 5.43 Å². The Balaban J connectivity index is 1.81. The van der Waals surface area contributed by atoms with Crippen LogP contribution >= 0.6 is 11.6 Å². The predicted octanol–water partition coefficient (Wildman–Crippen LogP) is 5.13. The number of rotatable bonds is 11. The number of nitro groups is 2. The first kappa shape index (κ1) is 27.7. The van der Waals surface area contributed by atoms with Crippen LogP contribution < -0.4 is 24.4 Å². The SMILES string of the molecule is CCOc1cc(C(=O)N/N=C/c2cc(Cl)c(Oc3ccc([N+](=O)[O-])cc3[N+](=O)[O-])c(OC)c2)ccc1OC. The van der Waals surface area contributed by atoms with Crippen molar-refractivity contribution in [2.45, 2.75) is 6.92 Å². The highest BCUT2D eigenvalue weighted by Gasteiger charge is 2.23. The fourth-order valence-corrected chi connectivity index (χ4v) is 3.45. The summed E-state index contributed by atoms with van der Waals surface area (Å²) < 4.78 is 21.6. The number of hydrazone groups is 1. The van der Waals surface area contributed by atoms with Crippen molar-refractivity contribution in [3.8, 4) is 28.7 Å². The molecule has 0 bridgehead atoms. The first-order valence-electron chi connectivity index (χ1n) is 10.8. The van der Waals surface area contributed by atoms with Crippen molar-refractivity contribution in [1.82, 2.24) is 5.43 Å². The summed E-state index contributed by atoms with van der Waals surface area (Å²) in [5.41, 5.74) is 1.98. The summed E-state index contributed by atoms with van der Waals surface area (Å²) in [5, 5.41) is 26.3. The molecule has 0 fully saturated rings. The molecule has 1 N–H and O–H groups in total. The zero-order valence-corrected chi connectivity index (χ0v) is 21.1. The van der Waals surface area contributed by atoms with Gasteiger partial charge in [-0.2, -0.15) is 5.10 Å². The molecule has 13 nitrogen and oxygen atoms in total. The largest absolute Gasteiger partial charge is 0.493 e. The average Bonchev–Trinajstić information content (AvgIpc) is 2.89.